The third kappa shape index (κ3) is 2.95. The number of anilines is 1. The first kappa shape index (κ1) is 13.8. The van der Waals surface area contributed by atoms with Gasteiger partial charge in [-0.1, -0.05) is 6.07 Å². The number of rotatable bonds is 4. The number of nitrogen functional groups attached to an aromatic ring is 1. The largest absolute Gasteiger partial charge is 0.493 e. The van der Waals surface area contributed by atoms with Gasteiger partial charge in [0, 0.05) is 18.2 Å². The van der Waals surface area contributed by atoms with E-state index < -0.39 is 0 Å². The van der Waals surface area contributed by atoms with Crippen molar-refractivity contribution in [2.24, 2.45) is 0 Å². The van der Waals surface area contributed by atoms with Gasteiger partial charge >= 0.3 is 0 Å². The van der Waals surface area contributed by atoms with Gasteiger partial charge in [-0.2, -0.15) is 5.10 Å². The number of para-hydroxylation sites is 1. The summed E-state index contributed by atoms with van der Waals surface area (Å²) in [6, 6.07) is 7.52. The summed E-state index contributed by atoms with van der Waals surface area (Å²) >= 11 is 0. The molecule has 6 nitrogen and oxygen atoms in total. The molecule has 3 rings (SSSR count). The van der Waals surface area contributed by atoms with Gasteiger partial charge in [0.2, 0.25) is 0 Å². The summed E-state index contributed by atoms with van der Waals surface area (Å²) < 4.78 is 17.0. The Hall–Kier alpha value is -2.21. The van der Waals surface area contributed by atoms with Crippen LogP contribution in [0.25, 0.3) is 11.3 Å². The first-order valence-electron chi connectivity index (χ1n) is 7.00. The number of aromatic amines is 1. The zero-order valence-electron chi connectivity index (χ0n) is 12.0. The Labute approximate surface area is 123 Å². The van der Waals surface area contributed by atoms with Gasteiger partial charge in [0.1, 0.15) is 11.9 Å². The molecule has 1 saturated heterocycles. The van der Waals surface area contributed by atoms with Crippen LogP contribution in [0.2, 0.25) is 0 Å². The van der Waals surface area contributed by atoms with E-state index in [1.807, 2.05) is 18.2 Å². The molecule has 0 bridgehead atoms. The van der Waals surface area contributed by atoms with Crippen molar-refractivity contribution in [1.29, 1.82) is 0 Å². The summed E-state index contributed by atoms with van der Waals surface area (Å²) in [6.07, 6.45) is 2.02. The van der Waals surface area contributed by atoms with Crippen molar-refractivity contribution >= 4 is 5.82 Å². The SMILES string of the molecule is COc1cccc(-c2cc(N)n[nH]2)c1OC1CCCOC1. The van der Waals surface area contributed by atoms with Gasteiger partial charge < -0.3 is 19.9 Å². The zero-order valence-corrected chi connectivity index (χ0v) is 12.0. The average Bonchev–Trinajstić information content (AvgIpc) is 2.95. The highest BCUT2D eigenvalue weighted by Crippen LogP contribution is 2.38. The lowest BCUT2D eigenvalue weighted by Crippen LogP contribution is -2.28. The Morgan fingerprint density at radius 2 is 2.33 bits per heavy atom. The maximum absolute atomic E-state index is 6.13. The van der Waals surface area contributed by atoms with Crippen LogP contribution in [0.1, 0.15) is 12.8 Å². The normalized spacial score (nSPS) is 18.4. The Morgan fingerprint density at radius 1 is 1.43 bits per heavy atom. The van der Waals surface area contributed by atoms with Gasteiger partial charge in [0.25, 0.3) is 0 Å². The summed E-state index contributed by atoms with van der Waals surface area (Å²) in [4.78, 5) is 0. The number of benzene rings is 1. The summed E-state index contributed by atoms with van der Waals surface area (Å²) in [7, 11) is 1.63. The van der Waals surface area contributed by atoms with Crippen molar-refractivity contribution in [2.75, 3.05) is 26.1 Å². The third-order valence-electron chi connectivity index (χ3n) is 3.49. The van der Waals surface area contributed by atoms with Crippen LogP contribution in [-0.4, -0.2) is 36.6 Å². The second-order valence-electron chi connectivity index (χ2n) is 5.00. The van der Waals surface area contributed by atoms with Crippen molar-refractivity contribution in [3.05, 3.63) is 24.3 Å². The molecule has 0 aliphatic carbocycles. The highest BCUT2D eigenvalue weighted by molar-refractivity contribution is 5.72. The predicted molar refractivity (Wildman–Crippen MR) is 79.5 cm³/mol. The summed E-state index contributed by atoms with van der Waals surface area (Å²) in [5, 5.41) is 6.88. The summed E-state index contributed by atoms with van der Waals surface area (Å²) in [5.41, 5.74) is 7.37. The molecule has 1 fully saturated rings. The molecule has 0 radical (unpaired) electrons. The maximum atomic E-state index is 6.13. The van der Waals surface area contributed by atoms with E-state index in [2.05, 4.69) is 10.2 Å². The molecule has 2 heterocycles. The maximum Gasteiger partial charge on any atom is 0.171 e. The van der Waals surface area contributed by atoms with Gasteiger partial charge in [0.05, 0.1) is 19.4 Å². The van der Waals surface area contributed by atoms with E-state index in [4.69, 9.17) is 19.9 Å². The number of H-pyrrole nitrogens is 1. The van der Waals surface area contributed by atoms with E-state index >= 15 is 0 Å². The number of aromatic nitrogens is 2. The van der Waals surface area contributed by atoms with E-state index in [1.165, 1.54) is 0 Å². The number of nitrogens with one attached hydrogen (secondary N) is 1. The second kappa shape index (κ2) is 6.05. The predicted octanol–water partition coefficient (Wildman–Crippen LogP) is 2.23. The number of hydrogen-bond donors (Lipinski definition) is 2. The molecule has 6 heteroatoms. The Bertz CT molecular complexity index is 606. The number of nitrogens with two attached hydrogens (primary N) is 1. The van der Waals surface area contributed by atoms with Crippen LogP contribution in [0.15, 0.2) is 24.3 Å². The van der Waals surface area contributed by atoms with E-state index in [0.717, 1.165) is 30.7 Å². The van der Waals surface area contributed by atoms with Crippen LogP contribution in [0, 0.1) is 0 Å². The van der Waals surface area contributed by atoms with E-state index in [1.54, 1.807) is 13.2 Å². The van der Waals surface area contributed by atoms with E-state index in [0.29, 0.717) is 23.9 Å². The number of ether oxygens (including phenoxy) is 3. The van der Waals surface area contributed by atoms with Gasteiger partial charge in [0.15, 0.2) is 11.5 Å². The van der Waals surface area contributed by atoms with Crippen molar-refractivity contribution < 1.29 is 14.2 Å². The van der Waals surface area contributed by atoms with Crippen molar-refractivity contribution in [1.82, 2.24) is 10.2 Å². The van der Waals surface area contributed by atoms with E-state index in [-0.39, 0.29) is 6.10 Å². The first-order chi connectivity index (χ1) is 10.3. The Balaban J connectivity index is 1.95. The van der Waals surface area contributed by atoms with Crippen molar-refractivity contribution in [3.8, 4) is 22.8 Å². The molecule has 0 spiro atoms. The molecule has 1 aliphatic rings. The Kier molecular flexibility index (Phi) is 3.96. The molecule has 112 valence electrons. The van der Waals surface area contributed by atoms with Gasteiger partial charge in [-0.15, -0.1) is 0 Å². The quantitative estimate of drug-likeness (QED) is 0.902. The van der Waals surface area contributed by atoms with Gasteiger partial charge in [-0.05, 0) is 25.0 Å². The number of nitrogens with zero attached hydrogens (tertiary/aromatic N) is 1. The molecule has 1 atom stereocenters. The standard InChI is InChI=1S/C15H19N3O3/c1-19-13-6-2-5-11(12-8-14(16)18-17-12)15(13)21-10-4-3-7-20-9-10/h2,5-6,8,10H,3-4,7,9H2,1H3,(H3,16,17,18). The topological polar surface area (TPSA) is 82.4 Å². The average molecular weight is 289 g/mol. The molecule has 2 aromatic rings. The van der Waals surface area contributed by atoms with Gasteiger partial charge in [-0.3, -0.25) is 5.10 Å². The minimum Gasteiger partial charge on any atom is -0.493 e. The zero-order chi connectivity index (χ0) is 14.7. The molecular formula is C15H19N3O3. The lowest BCUT2D eigenvalue weighted by Gasteiger charge is -2.25. The summed E-state index contributed by atoms with van der Waals surface area (Å²) in [5.74, 6) is 1.82. The van der Waals surface area contributed by atoms with E-state index in [9.17, 15) is 0 Å². The summed E-state index contributed by atoms with van der Waals surface area (Å²) in [6.45, 7) is 1.40. The monoisotopic (exact) mass is 289 g/mol. The van der Waals surface area contributed by atoms with Gasteiger partial charge in [-0.25, -0.2) is 0 Å². The van der Waals surface area contributed by atoms with Crippen LogP contribution >= 0.6 is 0 Å². The fourth-order valence-corrected chi connectivity index (χ4v) is 2.46. The molecule has 1 aliphatic heterocycles. The lowest BCUT2D eigenvalue weighted by molar-refractivity contribution is 0.00669. The van der Waals surface area contributed by atoms with Crippen LogP contribution in [0.5, 0.6) is 11.5 Å². The molecular weight excluding hydrogens is 270 g/mol. The number of methoxy groups -OCH3 is 1. The van der Waals surface area contributed by atoms with Crippen LogP contribution in [0.3, 0.4) is 0 Å². The van der Waals surface area contributed by atoms with Crippen LogP contribution < -0.4 is 15.2 Å². The molecule has 1 unspecified atom stereocenters. The van der Waals surface area contributed by atoms with Crippen molar-refractivity contribution in [3.63, 3.8) is 0 Å². The number of hydrogen-bond acceptors (Lipinski definition) is 5. The Morgan fingerprint density at radius 3 is 3.00 bits per heavy atom. The fraction of sp³-hybridized carbons (Fsp3) is 0.400. The third-order valence-corrected chi connectivity index (χ3v) is 3.49. The fourth-order valence-electron chi connectivity index (χ4n) is 2.46. The van der Waals surface area contributed by atoms with Crippen LogP contribution in [-0.2, 0) is 4.74 Å². The molecule has 3 N–H and O–H groups in total. The molecule has 1 aromatic carbocycles. The molecule has 21 heavy (non-hydrogen) atoms. The first-order valence-corrected chi connectivity index (χ1v) is 7.00. The smallest absolute Gasteiger partial charge is 0.171 e. The van der Waals surface area contributed by atoms with Crippen molar-refractivity contribution in [2.45, 2.75) is 18.9 Å². The highest BCUT2D eigenvalue weighted by Gasteiger charge is 2.21. The minimum atomic E-state index is 0.0362. The lowest BCUT2D eigenvalue weighted by atomic mass is 10.1. The molecule has 0 amide bonds. The second-order valence-corrected chi connectivity index (χ2v) is 5.00. The minimum absolute atomic E-state index is 0.0362. The molecule has 0 saturated carbocycles. The van der Waals surface area contributed by atoms with Crippen LogP contribution in [0.4, 0.5) is 5.82 Å². The highest BCUT2D eigenvalue weighted by atomic mass is 16.5. The molecule has 1 aromatic heterocycles.